The van der Waals surface area contributed by atoms with Gasteiger partial charge in [-0.05, 0) is 66.8 Å². The Morgan fingerprint density at radius 3 is 2.40 bits per heavy atom. The summed E-state index contributed by atoms with van der Waals surface area (Å²) >= 11 is 0. The predicted octanol–water partition coefficient (Wildman–Crippen LogP) is 4.50. The van der Waals surface area contributed by atoms with E-state index in [0.717, 1.165) is 44.0 Å². The van der Waals surface area contributed by atoms with Crippen molar-refractivity contribution in [3.63, 3.8) is 0 Å². The predicted molar refractivity (Wildman–Crippen MR) is 121 cm³/mol. The molecule has 0 spiro atoms. The van der Waals surface area contributed by atoms with E-state index in [0.29, 0.717) is 5.69 Å². The van der Waals surface area contributed by atoms with Crippen LogP contribution in [0.5, 0.6) is 0 Å². The zero-order valence-electron chi connectivity index (χ0n) is 17.1. The number of nitrogens with zero attached hydrogens (tertiary/aromatic N) is 3. The van der Waals surface area contributed by atoms with E-state index in [2.05, 4.69) is 56.5 Å². The molecule has 5 heteroatoms. The average molecular weight is 399 g/mol. The first kappa shape index (κ1) is 18.7. The number of fused-ring (bicyclic) bond motifs is 1. The summed E-state index contributed by atoms with van der Waals surface area (Å²) in [6, 6.07) is 20.5. The Morgan fingerprint density at radius 1 is 0.833 bits per heavy atom. The van der Waals surface area contributed by atoms with Crippen LogP contribution in [-0.2, 0) is 13.0 Å². The molecule has 0 saturated carbocycles. The first-order valence-electron chi connectivity index (χ1n) is 10.7. The summed E-state index contributed by atoms with van der Waals surface area (Å²) in [6.45, 7) is 4.03. The Hall–Kier alpha value is -3.34. The Kier molecular flexibility index (Phi) is 5.10. The molecule has 2 aromatic carbocycles. The Bertz CT molecular complexity index is 1040. The van der Waals surface area contributed by atoms with Gasteiger partial charge in [0.1, 0.15) is 5.69 Å². The maximum atomic E-state index is 12.8. The topological polar surface area (TPSA) is 48.5 Å². The standard InChI is InChI=1S/C25H26N4O/c30-25(27-21-7-9-22(10-8-21)28-14-3-4-15-28)24-17-23(11-13-26-24)29-16-12-19-5-1-2-6-20(19)18-29/h1-2,5-11,13,17H,3-4,12,14-16,18H2,(H,27,30). The number of rotatable bonds is 4. The SMILES string of the molecule is O=C(Nc1ccc(N2CCCC2)cc1)c1cc(N2CCc3ccccc3C2)ccn1. The second-order valence-electron chi connectivity index (χ2n) is 8.03. The zero-order chi connectivity index (χ0) is 20.3. The van der Waals surface area contributed by atoms with Crippen molar-refractivity contribution < 1.29 is 4.79 Å². The smallest absolute Gasteiger partial charge is 0.274 e. The van der Waals surface area contributed by atoms with Crippen LogP contribution in [0.2, 0.25) is 0 Å². The lowest BCUT2D eigenvalue weighted by molar-refractivity contribution is 0.102. The second kappa shape index (κ2) is 8.19. The molecule has 3 aromatic rings. The summed E-state index contributed by atoms with van der Waals surface area (Å²) in [6.07, 6.45) is 5.25. The van der Waals surface area contributed by atoms with Gasteiger partial charge in [0.05, 0.1) is 0 Å². The third kappa shape index (κ3) is 3.88. The van der Waals surface area contributed by atoms with Crippen molar-refractivity contribution in [3.05, 3.63) is 83.7 Å². The molecule has 0 radical (unpaired) electrons. The summed E-state index contributed by atoms with van der Waals surface area (Å²) in [5.74, 6) is -0.178. The Morgan fingerprint density at radius 2 is 1.60 bits per heavy atom. The van der Waals surface area contributed by atoms with Crippen molar-refractivity contribution >= 4 is 23.0 Å². The minimum atomic E-state index is -0.178. The highest BCUT2D eigenvalue weighted by molar-refractivity contribution is 6.03. The highest BCUT2D eigenvalue weighted by Gasteiger charge is 2.18. The van der Waals surface area contributed by atoms with Gasteiger partial charge in [0, 0.05) is 49.4 Å². The van der Waals surface area contributed by atoms with Crippen LogP contribution in [0.4, 0.5) is 17.1 Å². The summed E-state index contributed by atoms with van der Waals surface area (Å²) in [4.78, 5) is 21.8. The monoisotopic (exact) mass is 398 g/mol. The van der Waals surface area contributed by atoms with Crippen LogP contribution in [0.15, 0.2) is 66.9 Å². The normalized spacial score (nSPS) is 15.7. The largest absolute Gasteiger partial charge is 0.372 e. The third-order valence-corrected chi connectivity index (χ3v) is 6.07. The molecular formula is C25H26N4O. The highest BCUT2D eigenvalue weighted by atomic mass is 16.1. The first-order valence-corrected chi connectivity index (χ1v) is 10.7. The van der Waals surface area contributed by atoms with Crippen LogP contribution < -0.4 is 15.1 Å². The number of anilines is 3. The lowest BCUT2D eigenvalue weighted by Gasteiger charge is -2.30. The van der Waals surface area contributed by atoms with Crippen molar-refractivity contribution in [2.45, 2.75) is 25.8 Å². The molecule has 1 saturated heterocycles. The fraction of sp³-hybridized carbons (Fsp3) is 0.280. The van der Waals surface area contributed by atoms with Crippen molar-refractivity contribution in [2.24, 2.45) is 0 Å². The van der Waals surface area contributed by atoms with Crippen LogP contribution in [-0.4, -0.2) is 30.5 Å². The molecule has 0 unspecified atom stereocenters. The van der Waals surface area contributed by atoms with Crippen molar-refractivity contribution in [3.8, 4) is 0 Å². The van der Waals surface area contributed by atoms with Gasteiger partial charge in [0.15, 0.2) is 0 Å². The van der Waals surface area contributed by atoms with Crippen LogP contribution in [0.3, 0.4) is 0 Å². The van der Waals surface area contributed by atoms with Gasteiger partial charge in [-0.1, -0.05) is 24.3 Å². The van der Waals surface area contributed by atoms with E-state index in [9.17, 15) is 4.79 Å². The molecule has 1 aromatic heterocycles. The Labute approximate surface area is 177 Å². The highest BCUT2D eigenvalue weighted by Crippen LogP contribution is 2.25. The molecule has 30 heavy (non-hydrogen) atoms. The molecule has 1 fully saturated rings. The van der Waals surface area contributed by atoms with Crippen molar-refractivity contribution in [1.82, 2.24) is 4.98 Å². The number of aromatic nitrogens is 1. The fourth-order valence-corrected chi connectivity index (χ4v) is 4.38. The van der Waals surface area contributed by atoms with E-state index in [1.54, 1.807) is 6.20 Å². The van der Waals surface area contributed by atoms with Gasteiger partial charge >= 0.3 is 0 Å². The van der Waals surface area contributed by atoms with E-state index < -0.39 is 0 Å². The van der Waals surface area contributed by atoms with Gasteiger partial charge in [0.2, 0.25) is 0 Å². The van der Waals surface area contributed by atoms with E-state index in [-0.39, 0.29) is 5.91 Å². The van der Waals surface area contributed by atoms with Gasteiger partial charge in [-0.25, -0.2) is 0 Å². The number of nitrogens with one attached hydrogen (secondary N) is 1. The number of amides is 1. The minimum Gasteiger partial charge on any atom is -0.372 e. The number of carbonyl (C=O) groups excluding carboxylic acids is 1. The molecule has 1 amide bonds. The van der Waals surface area contributed by atoms with Crippen LogP contribution >= 0.6 is 0 Å². The summed E-state index contributed by atoms with van der Waals surface area (Å²) in [7, 11) is 0. The van der Waals surface area contributed by atoms with Crippen LogP contribution in [0, 0.1) is 0 Å². The number of pyridine rings is 1. The van der Waals surface area contributed by atoms with E-state index in [4.69, 9.17) is 0 Å². The maximum Gasteiger partial charge on any atom is 0.274 e. The van der Waals surface area contributed by atoms with E-state index in [1.165, 1.54) is 29.7 Å². The molecule has 1 N–H and O–H groups in total. The lowest BCUT2D eigenvalue weighted by atomic mass is 9.99. The lowest BCUT2D eigenvalue weighted by Crippen LogP contribution is -2.30. The van der Waals surface area contributed by atoms with Crippen LogP contribution in [0.25, 0.3) is 0 Å². The van der Waals surface area contributed by atoms with Gasteiger partial charge in [-0.15, -0.1) is 0 Å². The van der Waals surface area contributed by atoms with Gasteiger partial charge in [0.25, 0.3) is 5.91 Å². The van der Waals surface area contributed by atoms with Crippen LogP contribution in [0.1, 0.15) is 34.5 Å². The number of hydrogen-bond donors (Lipinski definition) is 1. The summed E-state index contributed by atoms with van der Waals surface area (Å²) in [5.41, 5.74) is 6.25. The molecule has 5 nitrogen and oxygen atoms in total. The van der Waals surface area contributed by atoms with E-state index in [1.807, 2.05) is 24.3 Å². The van der Waals surface area contributed by atoms with Gasteiger partial charge < -0.3 is 15.1 Å². The second-order valence-corrected chi connectivity index (χ2v) is 8.03. The molecule has 0 bridgehead atoms. The molecular weight excluding hydrogens is 372 g/mol. The molecule has 152 valence electrons. The molecule has 5 rings (SSSR count). The molecule has 2 aliphatic rings. The van der Waals surface area contributed by atoms with Gasteiger partial charge in [-0.2, -0.15) is 0 Å². The Balaban J connectivity index is 1.27. The summed E-state index contributed by atoms with van der Waals surface area (Å²) < 4.78 is 0. The number of carbonyl (C=O) groups is 1. The number of benzene rings is 2. The molecule has 2 aliphatic heterocycles. The maximum absolute atomic E-state index is 12.8. The zero-order valence-corrected chi connectivity index (χ0v) is 17.1. The van der Waals surface area contributed by atoms with Crippen molar-refractivity contribution in [2.75, 3.05) is 34.8 Å². The third-order valence-electron chi connectivity index (χ3n) is 6.07. The number of hydrogen-bond acceptors (Lipinski definition) is 4. The molecule has 0 aliphatic carbocycles. The first-order chi connectivity index (χ1) is 14.8. The molecule has 0 atom stereocenters. The average Bonchev–Trinajstić information content (AvgIpc) is 3.34. The quantitative estimate of drug-likeness (QED) is 0.703. The summed E-state index contributed by atoms with van der Waals surface area (Å²) in [5, 5.41) is 2.98. The van der Waals surface area contributed by atoms with Gasteiger partial charge in [-0.3, -0.25) is 9.78 Å². The fourth-order valence-electron chi connectivity index (χ4n) is 4.38. The van der Waals surface area contributed by atoms with E-state index >= 15 is 0 Å². The molecule has 3 heterocycles. The van der Waals surface area contributed by atoms with Crippen molar-refractivity contribution in [1.29, 1.82) is 0 Å². The minimum absolute atomic E-state index is 0.178.